The molecular weight excluding hydrogens is 396 g/mol. The van der Waals surface area contributed by atoms with Gasteiger partial charge in [0.15, 0.2) is 17.9 Å². The molecule has 3 fully saturated rings. The fourth-order valence-electron chi connectivity index (χ4n) is 2.79. The summed E-state index contributed by atoms with van der Waals surface area (Å²) < 4.78 is 30.0. The average Bonchev–Trinajstić information content (AvgIpc) is 2.86. The molecular formula is C13H18Br2O5. The first-order valence-corrected chi connectivity index (χ1v) is 8.15. The van der Waals surface area contributed by atoms with Crippen LogP contribution in [0.3, 0.4) is 0 Å². The number of fused-ring (bicyclic) bond motifs is 1. The molecule has 0 bridgehead atoms. The van der Waals surface area contributed by atoms with E-state index in [1.807, 2.05) is 27.7 Å². The van der Waals surface area contributed by atoms with Crippen LogP contribution < -0.4 is 0 Å². The highest BCUT2D eigenvalue weighted by Crippen LogP contribution is 2.46. The van der Waals surface area contributed by atoms with Crippen LogP contribution in [0.15, 0.2) is 8.96 Å². The summed E-state index contributed by atoms with van der Waals surface area (Å²) in [5.41, 5.74) is 0.965. The van der Waals surface area contributed by atoms with Crippen LogP contribution in [-0.4, -0.2) is 42.8 Å². The van der Waals surface area contributed by atoms with E-state index in [1.54, 1.807) is 0 Å². The number of halogens is 2. The summed E-state index contributed by atoms with van der Waals surface area (Å²) >= 11 is 6.95. The van der Waals surface area contributed by atoms with E-state index >= 15 is 0 Å². The lowest BCUT2D eigenvalue weighted by atomic mass is 10.0. The summed E-state index contributed by atoms with van der Waals surface area (Å²) in [7, 11) is 0. The lowest BCUT2D eigenvalue weighted by Crippen LogP contribution is -2.35. The standard InChI is InChI=1S/C13H18Br2O5/c1-12(2)16-5-6(18-12)8-7(10(14)15)9-11(17-8)20-13(3,4)19-9/h6,8-9,11H,5H2,1-4H3/t6-,8+,9+,11-/m0/s1. The molecule has 20 heavy (non-hydrogen) atoms. The first-order chi connectivity index (χ1) is 9.19. The van der Waals surface area contributed by atoms with Gasteiger partial charge in [-0.15, -0.1) is 0 Å². The molecule has 3 rings (SSSR count). The molecule has 3 heterocycles. The van der Waals surface area contributed by atoms with Crippen molar-refractivity contribution in [2.45, 2.75) is 63.9 Å². The van der Waals surface area contributed by atoms with Crippen molar-refractivity contribution in [1.29, 1.82) is 0 Å². The lowest BCUT2D eigenvalue weighted by molar-refractivity contribution is -0.215. The Balaban J connectivity index is 1.83. The zero-order valence-electron chi connectivity index (χ0n) is 11.8. The summed E-state index contributed by atoms with van der Waals surface area (Å²) in [4.78, 5) is 0. The third-order valence-electron chi connectivity index (χ3n) is 3.54. The molecule has 0 N–H and O–H groups in total. The molecule has 114 valence electrons. The van der Waals surface area contributed by atoms with Crippen molar-refractivity contribution in [1.82, 2.24) is 0 Å². The van der Waals surface area contributed by atoms with Gasteiger partial charge < -0.3 is 23.7 Å². The van der Waals surface area contributed by atoms with E-state index in [0.717, 1.165) is 8.96 Å². The van der Waals surface area contributed by atoms with Crippen LogP contribution in [0, 0.1) is 0 Å². The van der Waals surface area contributed by atoms with E-state index in [0.29, 0.717) is 6.61 Å². The summed E-state index contributed by atoms with van der Waals surface area (Å²) in [5, 5.41) is 0. The summed E-state index contributed by atoms with van der Waals surface area (Å²) in [6, 6.07) is 0. The molecule has 5 nitrogen and oxygen atoms in total. The second-order valence-electron chi connectivity index (χ2n) is 6.06. The lowest BCUT2D eigenvalue weighted by Gasteiger charge is -2.25. The maximum absolute atomic E-state index is 6.00. The van der Waals surface area contributed by atoms with Gasteiger partial charge in [0.2, 0.25) is 0 Å². The molecule has 3 saturated heterocycles. The van der Waals surface area contributed by atoms with Crippen LogP contribution in [0.4, 0.5) is 0 Å². The fourth-order valence-corrected chi connectivity index (χ4v) is 3.69. The van der Waals surface area contributed by atoms with Crippen LogP contribution >= 0.6 is 31.9 Å². The monoisotopic (exact) mass is 412 g/mol. The Bertz CT molecular complexity index is 444. The van der Waals surface area contributed by atoms with Gasteiger partial charge >= 0.3 is 0 Å². The second-order valence-corrected chi connectivity index (χ2v) is 8.71. The zero-order chi connectivity index (χ0) is 14.7. The van der Waals surface area contributed by atoms with Gasteiger partial charge in [-0.3, -0.25) is 0 Å². The van der Waals surface area contributed by atoms with E-state index in [1.165, 1.54) is 0 Å². The Labute approximate surface area is 135 Å². The van der Waals surface area contributed by atoms with Crippen molar-refractivity contribution in [3.63, 3.8) is 0 Å². The molecule has 0 amide bonds. The Morgan fingerprint density at radius 2 is 1.70 bits per heavy atom. The van der Waals surface area contributed by atoms with Crippen LogP contribution in [0.2, 0.25) is 0 Å². The molecule has 7 heteroatoms. The number of hydrogen-bond donors (Lipinski definition) is 0. The van der Waals surface area contributed by atoms with Crippen molar-refractivity contribution in [2.75, 3.05) is 6.61 Å². The first-order valence-electron chi connectivity index (χ1n) is 6.56. The highest BCUT2D eigenvalue weighted by Gasteiger charge is 2.56. The van der Waals surface area contributed by atoms with E-state index in [2.05, 4.69) is 31.9 Å². The van der Waals surface area contributed by atoms with Gasteiger partial charge in [-0.1, -0.05) is 0 Å². The third-order valence-corrected chi connectivity index (χ3v) is 4.45. The maximum atomic E-state index is 6.00. The topological polar surface area (TPSA) is 46.2 Å². The second kappa shape index (κ2) is 5.01. The Morgan fingerprint density at radius 3 is 2.25 bits per heavy atom. The SMILES string of the molecule is CC1(C)OC[C@@H]([C@H]2O[C@H]3OC(C)(C)O[C@@H]3C2=C(Br)Br)O1. The highest BCUT2D eigenvalue weighted by atomic mass is 79.9. The van der Waals surface area contributed by atoms with E-state index in [4.69, 9.17) is 23.7 Å². The number of rotatable bonds is 1. The summed E-state index contributed by atoms with van der Waals surface area (Å²) in [6.07, 6.45) is -1.08. The van der Waals surface area contributed by atoms with Gasteiger partial charge in [0.25, 0.3) is 0 Å². The minimum Gasteiger partial charge on any atom is -0.348 e. The van der Waals surface area contributed by atoms with Gasteiger partial charge in [0.05, 0.1) is 10.00 Å². The Hall–Kier alpha value is 0.500. The molecule has 3 aliphatic heterocycles. The van der Waals surface area contributed by atoms with Crippen LogP contribution in [0.1, 0.15) is 27.7 Å². The highest BCUT2D eigenvalue weighted by molar-refractivity contribution is 9.28. The summed E-state index contributed by atoms with van der Waals surface area (Å²) in [6.45, 7) is 8.03. The molecule has 0 radical (unpaired) electrons. The number of ether oxygens (including phenoxy) is 5. The predicted molar refractivity (Wildman–Crippen MR) is 78.5 cm³/mol. The van der Waals surface area contributed by atoms with Gasteiger partial charge in [-0.05, 0) is 59.6 Å². The molecule has 3 aliphatic rings. The normalized spacial score (nSPS) is 42.0. The minimum atomic E-state index is -0.646. The smallest absolute Gasteiger partial charge is 0.192 e. The van der Waals surface area contributed by atoms with Gasteiger partial charge in [0, 0.05) is 5.57 Å². The van der Waals surface area contributed by atoms with E-state index in [-0.39, 0.29) is 18.3 Å². The summed E-state index contributed by atoms with van der Waals surface area (Å²) in [5.74, 6) is -1.23. The van der Waals surface area contributed by atoms with Crippen molar-refractivity contribution >= 4 is 31.9 Å². The third kappa shape index (κ3) is 2.74. The van der Waals surface area contributed by atoms with Crippen molar-refractivity contribution in [3.05, 3.63) is 8.96 Å². The van der Waals surface area contributed by atoms with E-state index in [9.17, 15) is 0 Å². The molecule has 0 aromatic carbocycles. The van der Waals surface area contributed by atoms with Crippen LogP contribution in [-0.2, 0) is 23.7 Å². The van der Waals surface area contributed by atoms with Gasteiger partial charge in [-0.2, -0.15) is 0 Å². The minimum absolute atomic E-state index is 0.175. The Kier molecular flexibility index (Phi) is 3.86. The van der Waals surface area contributed by atoms with Gasteiger partial charge in [-0.25, -0.2) is 0 Å². The number of hydrogen-bond acceptors (Lipinski definition) is 5. The quantitative estimate of drug-likeness (QED) is 0.661. The van der Waals surface area contributed by atoms with Gasteiger partial charge in [0.1, 0.15) is 18.3 Å². The average molecular weight is 414 g/mol. The molecule has 0 aromatic heterocycles. The molecule has 0 aromatic rings. The molecule has 0 saturated carbocycles. The maximum Gasteiger partial charge on any atom is 0.192 e. The Morgan fingerprint density at radius 1 is 1.00 bits per heavy atom. The zero-order valence-corrected chi connectivity index (χ0v) is 15.0. The molecule has 0 aliphatic carbocycles. The fraction of sp³-hybridized carbons (Fsp3) is 0.846. The first kappa shape index (κ1) is 15.4. The van der Waals surface area contributed by atoms with Crippen LogP contribution in [0.25, 0.3) is 0 Å². The molecule has 0 spiro atoms. The van der Waals surface area contributed by atoms with E-state index < -0.39 is 17.9 Å². The predicted octanol–water partition coefficient (Wildman–Crippen LogP) is 3.02. The molecule has 4 atom stereocenters. The molecule has 0 unspecified atom stereocenters. The van der Waals surface area contributed by atoms with Crippen molar-refractivity contribution in [2.24, 2.45) is 0 Å². The van der Waals surface area contributed by atoms with Crippen molar-refractivity contribution < 1.29 is 23.7 Å². The largest absolute Gasteiger partial charge is 0.348 e. The van der Waals surface area contributed by atoms with Crippen LogP contribution in [0.5, 0.6) is 0 Å². The van der Waals surface area contributed by atoms with Crippen molar-refractivity contribution in [3.8, 4) is 0 Å².